The minimum absolute atomic E-state index is 0.0576. The molecule has 0 aromatic carbocycles. The van der Waals surface area contributed by atoms with Crippen LogP contribution in [0.2, 0.25) is 0 Å². The summed E-state index contributed by atoms with van der Waals surface area (Å²) in [5.74, 6) is 0. The molecule has 0 amide bonds. The minimum atomic E-state index is -3.67. The minimum Gasteiger partial charge on any atom is -0.264 e. The standard InChI is InChI=1S/C14H22O6S2/c1-21(15,16)19-11-9-13-5-3-4-6-14(13,8-7-13)10-12(11)20-22(2,17)18/h7-8,11-12H,3-6,9-10H2,1-2H3/t11-,12-,13-,14+/m0/s1. The molecule has 0 bridgehead atoms. The molecule has 3 aliphatic rings. The Labute approximate surface area is 132 Å². The molecule has 0 aromatic heterocycles. The SMILES string of the molecule is CS(=O)(=O)O[C@H]1C[C@@]23C=C[C@@]2(CCCC3)C[C@@H]1OS(C)(=O)=O. The summed E-state index contributed by atoms with van der Waals surface area (Å²) in [7, 11) is -7.34. The van der Waals surface area contributed by atoms with E-state index in [2.05, 4.69) is 12.2 Å². The average Bonchev–Trinajstić information content (AvgIpc) is 2.31. The van der Waals surface area contributed by atoms with Gasteiger partial charge in [-0.2, -0.15) is 16.8 Å². The lowest BCUT2D eigenvalue weighted by Crippen LogP contribution is -2.59. The largest absolute Gasteiger partial charge is 0.264 e. The van der Waals surface area contributed by atoms with Gasteiger partial charge in [-0.15, -0.1) is 0 Å². The highest BCUT2D eigenvalue weighted by Crippen LogP contribution is 2.66. The third-order valence-corrected chi connectivity index (χ3v) is 6.54. The zero-order valence-corrected chi connectivity index (χ0v) is 14.5. The summed E-state index contributed by atoms with van der Waals surface area (Å²) in [5.41, 5.74) is -0.115. The van der Waals surface area contributed by atoms with E-state index >= 15 is 0 Å². The molecule has 0 unspecified atom stereocenters. The fraction of sp³-hybridized carbons (Fsp3) is 0.857. The fourth-order valence-electron chi connectivity index (χ4n) is 4.47. The third kappa shape index (κ3) is 2.86. The van der Waals surface area contributed by atoms with Crippen molar-refractivity contribution in [2.24, 2.45) is 10.8 Å². The summed E-state index contributed by atoms with van der Waals surface area (Å²) in [6, 6.07) is 0. The predicted molar refractivity (Wildman–Crippen MR) is 81.1 cm³/mol. The van der Waals surface area contributed by atoms with Crippen molar-refractivity contribution in [2.45, 2.75) is 50.7 Å². The van der Waals surface area contributed by atoms with Crippen LogP contribution in [0.5, 0.6) is 0 Å². The van der Waals surface area contributed by atoms with Gasteiger partial charge >= 0.3 is 0 Å². The van der Waals surface area contributed by atoms with E-state index < -0.39 is 32.4 Å². The van der Waals surface area contributed by atoms with E-state index in [1.54, 1.807) is 0 Å². The van der Waals surface area contributed by atoms with Crippen LogP contribution in [0.1, 0.15) is 38.5 Å². The third-order valence-electron chi connectivity index (χ3n) is 5.35. The van der Waals surface area contributed by atoms with Gasteiger partial charge in [-0.05, 0) is 25.7 Å². The molecule has 0 radical (unpaired) electrons. The zero-order chi connectivity index (χ0) is 16.2. The summed E-state index contributed by atoms with van der Waals surface area (Å²) in [4.78, 5) is 0. The first-order valence-electron chi connectivity index (χ1n) is 7.51. The molecule has 0 N–H and O–H groups in total. The van der Waals surface area contributed by atoms with Gasteiger partial charge in [-0.1, -0.05) is 25.0 Å². The second kappa shape index (κ2) is 5.03. The number of hydrogen-bond donors (Lipinski definition) is 0. The van der Waals surface area contributed by atoms with Crippen molar-refractivity contribution in [1.29, 1.82) is 0 Å². The predicted octanol–water partition coefficient (Wildman–Crippen LogP) is 1.59. The van der Waals surface area contributed by atoms with Crippen molar-refractivity contribution < 1.29 is 25.2 Å². The van der Waals surface area contributed by atoms with E-state index in [4.69, 9.17) is 8.37 Å². The van der Waals surface area contributed by atoms with Gasteiger partial charge in [0.1, 0.15) is 12.2 Å². The van der Waals surface area contributed by atoms with Gasteiger partial charge in [0.2, 0.25) is 0 Å². The Kier molecular flexibility index (Phi) is 3.75. The molecule has 22 heavy (non-hydrogen) atoms. The molecule has 0 saturated heterocycles. The molecule has 2 saturated carbocycles. The monoisotopic (exact) mass is 350 g/mol. The lowest BCUT2D eigenvalue weighted by molar-refractivity contribution is -0.104. The van der Waals surface area contributed by atoms with Crippen molar-refractivity contribution in [2.75, 3.05) is 12.5 Å². The molecule has 0 spiro atoms. The molecule has 3 aliphatic carbocycles. The van der Waals surface area contributed by atoms with Gasteiger partial charge in [0.05, 0.1) is 12.5 Å². The lowest BCUT2D eigenvalue weighted by Gasteiger charge is -2.62. The van der Waals surface area contributed by atoms with Crippen LogP contribution in [0.3, 0.4) is 0 Å². The van der Waals surface area contributed by atoms with E-state index in [9.17, 15) is 16.8 Å². The molecule has 0 aliphatic heterocycles. The van der Waals surface area contributed by atoms with E-state index in [0.717, 1.165) is 38.2 Å². The molecule has 8 heteroatoms. The van der Waals surface area contributed by atoms with Crippen LogP contribution in [0.15, 0.2) is 12.2 Å². The molecule has 0 aromatic rings. The van der Waals surface area contributed by atoms with Crippen molar-refractivity contribution in [1.82, 2.24) is 0 Å². The van der Waals surface area contributed by atoms with E-state index in [0.29, 0.717) is 12.8 Å². The Balaban J connectivity index is 1.91. The molecule has 4 atom stereocenters. The summed E-state index contributed by atoms with van der Waals surface area (Å²) < 4.78 is 56.5. The van der Waals surface area contributed by atoms with E-state index in [1.807, 2.05) is 0 Å². The van der Waals surface area contributed by atoms with Gasteiger partial charge in [0.15, 0.2) is 0 Å². The summed E-state index contributed by atoms with van der Waals surface area (Å²) >= 11 is 0. The van der Waals surface area contributed by atoms with Crippen LogP contribution < -0.4 is 0 Å². The van der Waals surface area contributed by atoms with E-state index in [-0.39, 0.29) is 10.8 Å². The van der Waals surface area contributed by atoms with Crippen LogP contribution in [0, 0.1) is 10.8 Å². The second-order valence-corrected chi connectivity index (χ2v) is 10.1. The van der Waals surface area contributed by atoms with Crippen LogP contribution in [-0.2, 0) is 28.6 Å². The van der Waals surface area contributed by atoms with E-state index in [1.165, 1.54) is 0 Å². The highest BCUT2D eigenvalue weighted by atomic mass is 32.2. The summed E-state index contributed by atoms with van der Waals surface area (Å²) in [5, 5.41) is 0. The topological polar surface area (TPSA) is 86.7 Å². The smallest absolute Gasteiger partial charge is 0.264 e. The van der Waals surface area contributed by atoms with Crippen molar-refractivity contribution in [3.05, 3.63) is 12.2 Å². The number of rotatable bonds is 4. The van der Waals surface area contributed by atoms with Crippen LogP contribution in [-0.4, -0.2) is 41.6 Å². The summed E-state index contributed by atoms with van der Waals surface area (Å²) in [6.07, 6.45) is 9.99. The lowest BCUT2D eigenvalue weighted by atomic mass is 9.43. The Morgan fingerprint density at radius 3 is 1.45 bits per heavy atom. The maximum Gasteiger partial charge on any atom is 0.264 e. The van der Waals surface area contributed by atoms with Crippen LogP contribution >= 0.6 is 0 Å². The first kappa shape index (κ1) is 16.4. The van der Waals surface area contributed by atoms with Crippen molar-refractivity contribution in [3.63, 3.8) is 0 Å². The quantitative estimate of drug-likeness (QED) is 0.565. The molecule has 0 heterocycles. The van der Waals surface area contributed by atoms with Crippen molar-refractivity contribution >= 4 is 20.2 Å². The Bertz CT molecular complexity index is 635. The first-order chi connectivity index (χ1) is 10.0. The first-order valence-corrected chi connectivity index (χ1v) is 11.1. The van der Waals surface area contributed by atoms with Gasteiger partial charge in [-0.3, -0.25) is 8.37 Å². The van der Waals surface area contributed by atoms with Gasteiger partial charge < -0.3 is 0 Å². The highest BCUT2D eigenvalue weighted by Gasteiger charge is 2.61. The Morgan fingerprint density at radius 2 is 1.18 bits per heavy atom. The van der Waals surface area contributed by atoms with Gasteiger partial charge in [0.25, 0.3) is 20.2 Å². The number of hydrogen-bond acceptors (Lipinski definition) is 6. The van der Waals surface area contributed by atoms with Crippen LogP contribution in [0.4, 0.5) is 0 Å². The second-order valence-electron chi connectivity index (χ2n) is 6.94. The van der Waals surface area contributed by atoms with Gasteiger partial charge in [-0.25, -0.2) is 0 Å². The van der Waals surface area contributed by atoms with Crippen molar-refractivity contribution in [3.8, 4) is 0 Å². The molecular formula is C14H22O6S2. The summed E-state index contributed by atoms with van der Waals surface area (Å²) in [6.45, 7) is 0. The Morgan fingerprint density at radius 1 is 0.818 bits per heavy atom. The molecule has 3 rings (SSSR count). The maximum absolute atomic E-state index is 11.5. The van der Waals surface area contributed by atoms with Crippen LogP contribution in [0.25, 0.3) is 0 Å². The fourth-order valence-corrected chi connectivity index (χ4v) is 5.75. The molecule has 126 valence electrons. The zero-order valence-electron chi connectivity index (χ0n) is 12.8. The van der Waals surface area contributed by atoms with Gasteiger partial charge in [0, 0.05) is 10.8 Å². The molecule has 6 nitrogen and oxygen atoms in total. The Hall–Kier alpha value is -0.440. The number of allylic oxidation sites excluding steroid dienone is 2. The normalized spacial score (nSPS) is 41.4. The molecule has 2 fully saturated rings. The average molecular weight is 350 g/mol. The highest BCUT2D eigenvalue weighted by molar-refractivity contribution is 7.86. The molecular weight excluding hydrogens is 328 g/mol. The maximum atomic E-state index is 11.5.